The van der Waals surface area contributed by atoms with Crippen molar-refractivity contribution in [2.75, 3.05) is 0 Å². The van der Waals surface area contributed by atoms with Gasteiger partial charge in [0.25, 0.3) is 0 Å². The second-order valence-corrected chi connectivity index (χ2v) is 7.47. The van der Waals surface area contributed by atoms with Crippen LogP contribution in [0.4, 0.5) is 0 Å². The van der Waals surface area contributed by atoms with Gasteiger partial charge in [-0.3, -0.25) is 0 Å². The van der Waals surface area contributed by atoms with E-state index < -0.39 is 6.85 Å². The summed E-state index contributed by atoms with van der Waals surface area (Å²) in [7, 11) is 1.95. The summed E-state index contributed by atoms with van der Waals surface area (Å²) in [5.41, 5.74) is 8.30. The Morgan fingerprint density at radius 1 is 1.13 bits per heavy atom. The lowest BCUT2D eigenvalue weighted by Gasteiger charge is -2.06. The molecule has 1 nitrogen and oxygen atoms in total. The van der Waals surface area contributed by atoms with Gasteiger partial charge in [0.1, 0.15) is 11.7 Å². The Bertz CT molecular complexity index is 1220. The molecular weight excluding hydrogens is 298 g/mol. The van der Waals surface area contributed by atoms with Crippen LogP contribution >= 0.6 is 11.3 Å². The molecule has 0 bridgehead atoms. The smallest absolute Gasteiger partial charge is 0.200 e. The summed E-state index contributed by atoms with van der Waals surface area (Å²) in [6, 6.07) is 12.7. The quantitative estimate of drug-likeness (QED) is 0.351. The molecule has 0 saturated heterocycles. The van der Waals surface area contributed by atoms with Crippen LogP contribution in [0, 0.1) is 13.8 Å². The maximum Gasteiger partial charge on any atom is 0.231 e. The van der Waals surface area contributed by atoms with Gasteiger partial charge < -0.3 is 0 Å². The summed E-state index contributed by atoms with van der Waals surface area (Å²) in [5.74, 6) is 0. The molecule has 5 rings (SSSR count). The van der Waals surface area contributed by atoms with E-state index in [1.807, 2.05) is 17.7 Å². The first-order valence-electron chi connectivity index (χ1n) is 9.32. The number of fused-ring (bicyclic) bond motifs is 6. The van der Waals surface area contributed by atoms with Crippen LogP contribution < -0.4 is 4.57 Å². The molecule has 2 aromatic carbocycles. The maximum absolute atomic E-state index is 7.73. The molecule has 0 N–H and O–H groups in total. The minimum atomic E-state index is -2.09. The molecule has 0 atom stereocenters. The molecule has 1 aliphatic rings. The third-order valence-electron chi connectivity index (χ3n) is 5.01. The lowest BCUT2D eigenvalue weighted by Crippen LogP contribution is -2.28. The van der Waals surface area contributed by atoms with Crippen molar-refractivity contribution in [2.24, 2.45) is 7.05 Å². The van der Waals surface area contributed by atoms with Crippen molar-refractivity contribution >= 4 is 31.6 Å². The summed E-state index contributed by atoms with van der Waals surface area (Å²) < 4.78 is 27.5. The number of hydrogen-bond donors (Lipinski definition) is 0. The lowest BCUT2D eigenvalue weighted by molar-refractivity contribution is -0.644. The van der Waals surface area contributed by atoms with Gasteiger partial charge >= 0.3 is 0 Å². The summed E-state index contributed by atoms with van der Waals surface area (Å²) in [5, 5.41) is 1.26. The molecule has 4 aromatic rings. The molecule has 0 spiro atoms. The highest BCUT2D eigenvalue weighted by molar-refractivity contribution is 7.25. The van der Waals surface area contributed by atoms with Crippen molar-refractivity contribution < 1.29 is 8.68 Å². The average molecular weight is 319 g/mol. The fourth-order valence-corrected chi connectivity index (χ4v) is 5.28. The molecule has 0 amide bonds. The highest BCUT2D eigenvalue weighted by atomic mass is 32.1. The first-order chi connectivity index (χ1) is 12.3. The van der Waals surface area contributed by atoms with Gasteiger partial charge in [-0.05, 0) is 60.1 Å². The van der Waals surface area contributed by atoms with Gasteiger partial charge in [0.2, 0.25) is 5.52 Å². The fourth-order valence-electron chi connectivity index (χ4n) is 3.99. The number of rotatable bonds is 0. The lowest BCUT2D eigenvalue weighted by atomic mass is 9.98. The summed E-state index contributed by atoms with van der Waals surface area (Å²) in [4.78, 5) is 0. The zero-order valence-corrected chi connectivity index (χ0v) is 13.9. The highest BCUT2D eigenvalue weighted by Gasteiger charge is 2.25. The van der Waals surface area contributed by atoms with Crippen LogP contribution in [-0.4, -0.2) is 0 Å². The van der Waals surface area contributed by atoms with Gasteiger partial charge in [0.15, 0.2) is 6.20 Å². The largest absolute Gasteiger partial charge is 0.231 e. The number of aryl methyl sites for hydroxylation is 3. The monoisotopic (exact) mass is 319 g/mol. The van der Waals surface area contributed by atoms with Crippen molar-refractivity contribution in [2.45, 2.75) is 20.2 Å². The fraction of sp³-hybridized carbons (Fsp3) is 0.190. The first-order valence-corrected chi connectivity index (χ1v) is 8.63. The summed E-state index contributed by atoms with van der Waals surface area (Å²) >= 11 is 1.69. The Morgan fingerprint density at radius 2 is 2.00 bits per heavy atom. The number of benzene rings is 2. The van der Waals surface area contributed by atoms with Crippen LogP contribution in [0.15, 0.2) is 42.6 Å². The van der Waals surface area contributed by atoms with Crippen molar-refractivity contribution in [3.05, 3.63) is 64.8 Å². The normalized spacial score (nSPS) is 15.3. The van der Waals surface area contributed by atoms with Gasteiger partial charge in [0.05, 0.1) is 5.39 Å². The third-order valence-corrected chi connectivity index (χ3v) is 6.08. The average Bonchev–Trinajstić information content (AvgIpc) is 3.13. The predicted molar refractivity (Wildman–Crippen MR) is 98.2 cm³/mol. The first kappa shape index (κ1) is 10.6. The van der Waals surface area contributed by atoms with E-state index >= 15 is 0 Å². The van der Waals surface area contributed by atoms with Crippen molar-refractivity contribution in [1.29, 1.82) is 0 Å². The van der Waals surface area contributed by atoms with E-state index in [9.17, 15) is 0 Å². The molecule has 0 aliphatic heterocycles. The Hall–Kier alpha value is -2.19. The van der Waals surface area contributed by atoms with Crippen LogP contribution in [0.1, 0.15) is 26.4 Å². The minimum absolute atomic E-state index is 0.398. The molecule has 0 fully saturated rings. The highest BCUT2D eigenvalue weighted by Crippen LogP contribution is 2.44. The Balaban J connectivity index is 1.87. The van der Waals surface area contributed by atoms with E-state index in [0.717, 1.165) is 16.6 Å². The maximum atomic E-state index is 7.73. The summed E-state index contributed by atoms with van der Waals surface area (Å²) in [6.07, 6.45) is 2.73. The molecule has 2 aromatic heterocycles. The zero-order valence-electron chi connectivity index (χ0n) is 16.1. The van der Waals surface area contributed by atoms with Gasteiger partial charge in [-0.2, -0.15) is 4.57 Å². The predicted octanol–water partition coefficient (Wildman–Crippen LogP) is 5.07. The van der Waals surface area contributed by atoms with Gasteiger partial charge in [-0.1, -0.05) is 24.3 Å². The van der Waals surface area contributed by atoms with Gasteiger partial charge in [0, 0.05) is 14.4 Å². The summed E-state index contributed by atoms with van der Waals surface area (Å²) in [6.45, 7) is 0.120. The van der Waals surface area contributed by atoms with Gasteiger partial charge in [-0.15, -0.1) is 11.3 Å². The second-order valence-electron chi connectivity index (χ2n) is 6.39. The molecular formula is C21H18NS+. The molecule has 0 unspecified atom stereocenters. The molecule has 23 heavy (non-hydrogen) atoms. The van der Waals surface area contributed by atoms with Crippen LogP contribution in [0.25, 0.3) is 31.4 Å². The topological polar surface area (TPSA) is 3.88 Å². The van der Waals surface area contributed by atoms with E-state index in [4.69, 9.17) is 4.11 Å². The van der Waals surface area contributed by atoms with Crippen LogP contribution in [0.5, 0.6) is 0 Å². The van der Waals surface area contributed by atoms with Crippen LogP contribution in [0.3, 0.4) is 0 Å². The molecule has 2 heterocycles. The van der Waals surface area contributed by atoms with E-state index in [1.54, 1.807) is 17.5 Å². The number of thiophene rings is 1. The standard InChI is InChI=1S/C21H18NS/c1-12-8-19-21(22(3)11-12)20-13(2)16-9-14-6-4-5-7-15(14)17(16)10-18(20)23-19/h4-8,10-11H,9H2,1-3H3/q+1/i1D3. The number of pyridine rings is 1. The van der Waals surface area contributed by atoms with Crippen molar-refractivity contribution in [1.82, 2.24) is 0 Å². The molecule has 112 valence electrons. The van der Waals surface area contributed by atoms with Gasteiger partial charge in [-0.25, -0.2) is 0 Å². The molecule has 0 saturated carbocycles. The van der Waals surface area contributed by atoms with E-state index in [2.05, 4.69) is 37.3 Å². The molecule has 2 heteroatoms. The number of aromatic nitrogens is 1. The zero-order chi connectivity index (χ0) is 18.2. The Kier molecular flexibility index (Phi) is 2.03. The van der Waals surface area contributed by atoms with Crippen molar-refractivity contribution in [3.63, 3.8) is 0 Å². The number of hydrogen-bond acceptors (Lipinski definition) is 1. The van der Waals surface area contributed by atoms with Crippen LogP contribution in [0.2, 0.25) is 0 Å². The van der Waals surface area contributed by atoms with E-state index in [1.165, 1.54) is 37.9 Å². The van der Waals surface area contributed by atoms with E-state index in [0.29, 0.717) is 5.56 Å². The Labute approximate surface area is 144 Å². The third kappa shape index (κ3) is 1.70. The SMILES string of the molecule is [2H]C([2H])([2H])c1cc2sc3cc4c(c(C)c3c2[n+](C)c1)Cc1ccccc1-4. The second kappa shape index (κ2) is 4.42. The minimum Gasteiger partial charge on any atom is -0.200 e. The Morgan fingerprint density at radius 3 is 2.87 bits per heavy atom. The molecule has 1 aliphatic carbocycles. The molecule has 0 radical (unpaired) electrons. The van der Waals surface area contributed by atoms with Crippen LogP contribution in [-0.2, 0) is 13.5 Å². The van der Waals surface area contributed by atoms with E-state index in [-0.39, 0.29) is 0 Å². The number of nitrogens with zero attached hydrogens (tertiary/aromatic N) is 1. The van der Waals surface area contributed by atoms with Crippen molar-refractivity contribution in [3.8, 4) is 11.1 Å².